The van der Waals surface area contributed by atoms with Crippen molar-refractivity contribution in [3.63, 3.8) is 0 Å². The van der Waals surface area contributed by atoms with Crippen molar-refractivity contribution in [2.24, 2.45) is 5.10 Å². The van der Waals surface area contributed by atoms with Crippen LogP contribution in [-0.4, -0.2) is 17.5 Å². The number of anilines is 1. The van der Waals surface area contributed by atoms with Crippen LogP contribution in [0.4, 0.5) is 5.69 Å². The molecular formula is C21H22ClN3O2. The number of rotatable bonds is 3. The van der Waals surface area contributed by atoms with Gasteiger partial charge in [0.15, 0.2) is 0 Å². The minimum atomic E-state index is -0.788. The average molecular weight is 384 g/mol. The van der Waals surface area contributed by atoms with Gasteiger partial charge in [0.1, 0.15) is 0 Å². The summed E-state index contributed by atoms with van der Waals surface area (Å²) in [6.45, 7) is 1.86. The minimum Gasteiger partial charge on any atom is -0.318 e. The standard InChI is InChI=1S/C21H22ClN3O2/c1-14-7-10-18(13-19(14)22)23-20(26)21(27)25-24-17-11-8-16(9-12-17)15-5-3-2-4-6-15/h2-7,10,13,16H,8-9,11-12H2,1H3,(H,23,26)(H,25,27). The van der Waals surface area contributed by atoms with E-state index in [1.54, 1.807) is 18.2 Å². The van der Waals surface area contributed by atoms with Gasteiger partial charge in [-0.25, -0.2) is 5.43 Å². The Hall–Kier alpha value is -2.66. The first kappa shape index (κ1) is 19.1. The fourth-order valence-electron chi connectivity index (χ4n) is 3.16. The van der Waals surface area contributed by atoms with Crippen LogP contribution >= 0.6 is 11.6 Å². The van der Waals surface area contributed by atoms with Gasteiger partial charge < -0.3 is 5.32 Å². The van der Waals surface area contributed by atoms with Crippen molar-refractivity contribution in [2.45, 2.75) is 38.5 Å². The second-order valence-corrected chi connectivity index (χ2v) is 7.13. The predicted octanol–water partition coefficient (Wildman–Crippen LogP) is 4.42. The molecule has 1 fully saturated rings. The molecule has 0 atom stereocenters. The number of benzene rings is 2. The number of carbonyl (C=O) groups is 2. The smallest absolute Gasteiger partial charge is 0.318 e. The second-order valence-electron chi connectivity index (χ2n) is 6.72. The SMILES string of the molecule is Cc1ccc(NC(=O)C(=O)NN=C2CCC(c3ccccc3)CC2)cc1Cl. The van der Waals surface area contributed by atoms with Gasteiger partial charge >= 0.3 is 11.8 Å². The molecule has 27 heavy (non-hydrogen) atoms. The number of hydrogen-bond donors (Lipinski definition) is 2. The van der Waals surface area contributed by atoms with Crippen molar-refractivity contribution in [1.82, 2.24) is 5.43 Å². The van der Waals surface area contributed by atoms with Gasteiger partial charge in [0.2, 0.25) is 0 Å². The van der Waals surface area contributed by atoms with Gasteiger partial charge in [0, 0.05) is 16.4 Å². The minimum absolute atomic E-state index is 0.474. The van der Waals surface area contributed by atoms with Crippen LogP contribution in [0.2, 0.25) is 5.02 Å². The highest BCUT2D eigenvalue weighted by Crippen LogP contribution is 2.31. The Morgan fingerprint density at radius 2 is 1.74 bits per heavy atom. The maximum atomic E-state index is 12.0. The Balaban J connectivity index is 1.49. The molecular weight excluding hydrogens is 362 g/mol. The normalized spacial score (nSPS) is 16.5. The number of nitrogens with one attached hydrogen (secondary N) is 2. The van der Waals surface area contributed by atoms with E-state index in [0.717, 1.165) is 37.0 Å². The first-order chi connectivity index (χ1) is 13.0. The summed E-state index contributed by atoms with van der Waals surface area (Å²) in [4.78, 5) is 23.9. The van der Waals surface area contributed by atoms with E-state index < -0.39 is 11.8 Å². The summed E-state index contributed by atoms with van der Waals surface area (Å²) in [7, 11) is 0. The molecule has 0 radical (unpaired) electrons. The van der Waals surface area contributed by atoms with E-state index in [0.29, 0.717) is 16.6 Å². The average Bonchev–Trinajstić information content (AvgIpc) is 2.70. The molecule has 0 bridgehead atoms. The third-order valence-corrected chi connectivity index (χ3v) is 5.19. The summed E-state index contributed by atoms with van der Waals surface area (Å²) < 4.78 is 0. The van der Waals surface area contributed by atoms with Crippen molar-refractivity contribution in [1.29, 1.82) is 0 Å². The molecule has 2 amide bonds. The number of aryl methyl sites for hydroxylation is 1. The number of carbonyl (C=O) groups excluding carboxylic acids is 2. The molecule has 0 spiro atoms. The van der Waals surface area contributed by atoms with Crippen molar-refractivity contribution < 1.29 is 9.59 Å². The van der Waals surface area contributed by atoms with Crippen LogP contribution in [0.3, 0.4) is 0 Å². The van der Waals surface area contributed by atoms with E-state index in [1.807, 2.05) is 13.0 Å². The Labute approximate surface area is 163 Å². The highest BCUT2D eigenvalue weighted by molar-refractivity contribution is 6.40. The molecule has 6 heteroatoms. The molecule has 0 unspecified atom stereocenters. The van der Waals surface area contributed by atoms with Crippen LogP contribution in [-0.2, 0) is 9.59 Å². The maximum Gasteiger partial charge on any atom is 0.329 e. The number of halogens is 1. The van der Waals surface area contributed by atoms with Crippen molar-refractivity contribution in [3.8, 4) is 0 Å². The lowest BCUT2D eigenvalue weighted by atomic mass is 9.83. The molecule has 3 rings (SSSR count). The van der Waals surface area contributed by atoms with Gasteiger partial charge in [-0.05, 0) is 61.8 Å². The molecule has 0 heterocycles. The maximum absolute atomic E-state index is 12.0. The van der Waals surface area contributed by atoms with E-state index in [-0.39, 0.29) is 0 Å². The zero-order valence-electron chi connectivity index (χ0n) is 15.2. The van der Waals surface area contributed by atoms with Gasteiger partial charge in [-0.1, -0.05) is 48.0 Å². The topological polar surface area (TPSA) is 70.6 Å². The number of hydrogen-bond acceptors (Lipinski definition) is 3. The second kappa shape index (κ2) is 8.82. The van der Waals surface area contributed by atoms with Gasteiger partial charge in [-0.15, -0.1) is 0 Å². The highest BCUT2D eigenvalue weighted by atomic mass is 35.5. The van der Waals surface area contributed by atoms with E-state index >= 15 is 0 Å². The van der Waals surface area contributed by atoms with E-state index in [2.05, 4.69) is 40.1 Å². The first-order valence-corrected chi connectivity index (χ1v) is 9.38. The largest absolute Gasteiger partial charge is 0.329 e. The molecule has 2 aromatic carbocycles. The van der Waals surface area contributed by atoms with Crippen molar-refractivity contribution in [2.75, 3.05) is 5.32 Å². The zero-order chi connectivity index (χ0) is 19.2. The van der Waals surface area contributed by atoms with Crippen LogP contribution in [0.5, 0.6) is 0 Å². The fourth-order valence-corrected chi connectivity index (χ4v) is 3.34. The third kappa shape index (κ3) is 5.17. The summed E-state index contributed by atoms with van der Waals surface area (Å²) in [5, 5.41) is 7.19. The van der Waals surface area contributed by atoms with Gasteiger partial charge in [-0.3, -0.25) is 9.59 Å². The molecule has 1 aliphatic rings. The van der Waals surface area contributed by atoms with Gasteiger partial charge in [0.25, 0.3) is 0 Å². The number of amides is 2. The first-order valence-electron chi connectivity index (χ1n) is 9.01. The zero-order valence-corrected chi connectivity index (χ0v) is 15.9. The monoisotopic (exact) mass is 383 g/mol. The summed E-state index contributed by atoms with van der Waals surface area (Å²) in [5.74, 6) is -1.03. The molecule has 0 aromatic heterocycles. The predicted molar refractivity (Wildman–Crippen MR) is 108 cm³/mol. The van der Waals surface area contributed by atoms with Crippen LogP contribution in [0, 0.1) is 6.92 Å². The number of hydrazone groups is 1. The third-order valence-electron chi connectivity index (χ3n) is 4.79. The number of nitrogens with zero attached hydrogens (tertiary/aromatic N) is 1. The van der Waals surface area contributed by atoms with Crippen molar-refractivity contribution >= 4 is 34.8 Å². The molecule has 2 aromatic rings. The molecule has 2 N–H and O–H groups in total. The van der Waals surface area contributed by atoms with Crippen LogP contribution in [0.25, 0.3) is 0 Å². The Kier molecular flexibility index (Phi) is 6.24. The van der Waals surface area contributed by atoms with Gasteiger partial charge in [-0.2, -0.15) is 5.10 Å². The van der Waals surface area contributed by atoms with E-state index in [4.69, 9.17) is 11.6 Å². The lowest BCUT2D eigenvalue weighted by Crippen LogP contribution is -2.33. The highest BCUT2D eigenvalue weighted by Gasteiger charge is 2.20. The van der Waals surface area contributed by atoms with E-state index in [9.17, 15) is 9.59 Å². The summed E-state index contributed by atoms with van der Waals surface area (Å²) in [6, 6.07) is 15.5. The Morgan fingerprint density at radius 1 is 1.04 bits per heavy atom. The lowest BCUT2D eigenvalue weighted by molar-refractivity contribution is -0.136. The lowest BCUT2D eigenvalue weighted by Gasteiger charge is -2.23. The summed E-state index contributed by atoms with van der Waals surface area (Å²) >= 11 is 6.02. The van der Waals surface area contributed by atoms with E-state index in [1.165, 1.54) is 5.56 Å². The van der Waals surface area contributed by atoms with Crippen LogP contribution in [0.15, 0.2) is 53.6 Å². The van der Waals surface area contributed by atoms with Gasteiger partial charge in [0.05, 0.1) is 0 Å². The fraction of sp³-hybridized carbons (Fsp3) is 0.286. The Morgan fingerprint density at radius 3 is 2.41 bits per heavy atom. The summed E-state index contributed by atoms with van der Waals surface area (Å²) in [5.41, 5.74) is 5.99. The quantitative estimate of drug-likeness (QED) is 0.608. The molecule has 140 valence electrons. The molecule has 1 saturated carbocycles. The molecule has 0 saturated heterocycles. The Bertz CT molecular complexity index is 855. The van der Waals surface area contributed by atoms with Crippen LogP contribution < -0.4 is 10.7 Å². The molecule has 1 aliphatic carbocycles. The molecule has 0 aliphatic heterocycles. The van der Waals surface area contributed by atoms with Crippen LogP contribution in [0.1, 0.15) is 42.7 Å². The summed E-state index contributed by atoms with van der Waals surface area (Å²) in [6.07, 6.45) is 3.61. The molecule has 5 nitrogen and oxygen atoms in total. The van der Waals surface area contributed by atoms with Crippen molar-refractivity contribution in [3.05, 3.63) is 64.7 Å².